The molecule has 0 saturated heterocycles. The van der Waals surface area contributed by atoms with E-state index in [-0.39, 0.29) is 0 Å². The molecule has 76 heavy (non-hydrogen) atoms. The molecular weight excluding hydrogens is 965 g/mol. The maximum absolute atomic E-state index is 12.6. The molecule has 8 heteroatoms. The van der Waals surface area contributed by atoms with Gasteiger partial charge in [-0.3, -0.25) is 0 Å². The average molecular weight is 1000 g/mol. The molecule has 0 radical (unpaired) electrons. The van der Waals surface area contributed by atoms with Gasteiger partial charge < -0.3 is 18.3 Å². The normalized spacial score (nSPS) is 12.2. The number of nitriles is 1. The summed E-state index contributed by atoms with van der Waals surface area (Å²) in [6.45, 7) is 9.83. The minimum atomic E-state index is 0.369. The van der Waals surface area contributed by atoms with Crippen LogP contribution >= 0.6 is 22.7 Å². The first-order chi connectivity index (χ1) is 37.7. The molecule has 17 rings (SSSR count). The fourth-order valence-corrected chi connectivity index (χ4v) is 15.2. The molecule has 0 amide bonds. The molecule has 6 nitrogen and oxygen atoms in total. The maximum Gasteiger partial charge on any atom is 0.237 e. The van der Waals surface area contributed by atoms with Crippen molar-refractivity contribution in [3.63, 3.8) is 0 Å². The third-order valence-corrected chi connectivity index (χ3v) is 18.3. The number of hydrogen-bond acceptors (Lipinski definition) is 3. The van der Waals surface area contributed by atoms with Crippen molar-refractivity contribution >= 4 is 156 Å². The zero-order chi connectivity index (χ0) is 49.9. The van der Waals surface area contributed by atoms with E-state index >= 15 is 0 Å². The predicted molar refractivity (Wildman–Crippen MR) is 321 cm³/mol. The molecule has 6 heterocycles. The van der Waals surface area contributed by atoms with E-state index in [0.717, 1.165) is 104 Å². The summed E-state index contributed by atoms with van der Waals surface area (Å²) in [6.07, 6.45) is 0. The van der Waals surface area contributed by atoms with Crippen molar-refractivity contribution in [2.45, 2.75) is 0 Å². The summed E-state index contributed by atoms with van der Waals surface area (Å²) in [7, 11) is 0. The van der Waals surface area contributed by atoms with E-state index < -0.39 is 0 Å². The van der Waals surface area contributed by atoms with Crippen LogP contribution < -0.4 is 0 Å². The van der Waals surface area contributed by atoms with Crippen molar-refractivity contribution in [2.24, 2.45) is 0 Å². The largest absolute Gasteiger partial charge is 0.318 e. The number of fused-ring (bicyclic) bond motifs is 18. The van der Waals surface area contributed by atoms with Crippen molar-refractivity contribution in [2.75, 3.05) is 0 Å². The smallest absolute Gasteiger partial charge is 0.237 e. The SMILES string of the molecule is [C-]#[N+]c1c(-n2c3ccccc3c3ccccc32)c(C#N)c(-n2c3ccccc3c3cc4sc5ccccc5c4cc32)c(-n2c3ccccc3c3ccccc32)c1-n1c2ccccc2c2cc3sc4ccccc4c3cc21. The lowest BCUT2D eigenvalue weighted by molar-refractivity contribution is 1.03. The molecule has 0 aliphatic carbocycles. The van der Waals surface area contributed by atoms with Gasteiger partial charge in [-0.2, -0.15) is 5.26 Å². The number of rotatable bonds is 4. The van der Waals surface area contributed by atoms with E-state index in [4.69, 9.17) is 4.85 Å². The topological polar surface area (TPSA) is 47.9 Å². The van der Waals surface area contributed by atoms with E-state index in [1.807, 2.05) is 22.7 Å². The molecule has 0 N–H and O–H groups in total. The summed E-state index contributed by atoms with van der Waals surface area (Å²) in [5.41, 5.74) is 11.0. The Balaban J connectivity index is 1.20. The van der Waals surface area contributed by atoms with Gasteiger partial charge in [-0.25, -0.2) is 4.85 Å². The molecule has 11 aromatic carbocycles. The van der Waals surface area contributed by atoms with Crippen LogP contribution in [0.5, 0.6) is 0 Å². The number of thiophene rings is 2. The standard InChI is InChI=1S/C68H36N6S2/c1-70-64-65(71-52-26-10-2-18-39(52)40-19-3-11-27-53(40)71)51(38-69)66(73-56-30-14-6-22-43(56)47-36-62-49(34-58(47)73)45-24-8-16-32-60(45)75-62)68(72-54-28-12-4-20-41(54)42-21-5-13-29-55(42)72)67(64)74-57-31-15-7-23-44(57)48-37-63-50(35-59(48)74)46-25-9-17-33-61(46)76-63/h2-37H. The lowest BCUT2D eigenvalue weighted by Gasteiger charge is -2.27. The van der Waals surface area contributed by atoms with E-state index in [0.29, 0.717) is 28.3 Å². The van der Waals surface area contributed by atoms with Crippen LogP contribution in [0.1, 0.15) is 5.56 Å². The van der Waals surface area contributed by atoms with Crippen molar-refractivity contribution in [3.8, 4) is 28.8 Å². The predicted octanol–water partition coefficient (Wildman–Crippen LogP) is 19.2. The Morgan fingerprint density at radius 3 is 1.00 bits per heavy atom. The monoisotopic (exact) mass is 1000 g/mol. The summed E-state index contributed by atoms with van der Waals surface area (Å²) >= 11 is 3.62. The minimum absolute atomic E-state index is 0.369. The summed E-state index contributed by atoms with van der Waals surface area (Å²) in [6, 6.07) is 80.9. The number of nitrogens with zero attached hydrogens (tertiary/aromatic N) is 6. The summed E-state index contributed by atoms with van der Waals surface area (Å²) in [4.78, 5) is 4.80. The van der Waals surface area contributed by atoms with Gasteiger partial charge in [-0.05, 0) is 72.8 Å². The van der Waals surface area contributed by atoms with Crippen molar-refractivity contribution in [1.82, 2.24) is 18.3 Å². The van der Waals surface area contributed by atoms with Crippen LogP contribution in [0.15, 0.2) is 218 Å². The van der Waals surface area contributed by atoms with Crippen molar-refractivity contribution < 1.29 is 0 Å². The number of aromatic nitrogens is 4. The average Bonchev–Trinajstić information content (AvgIpc) is 4.45. The van der Waals surface area contributed by atoms with E-state index in [9.17, 15) is 11.8 Å². The Kier molecular flexibility index (Phi) is 8.36. The highest BCUT2D eigenvalue weighted by Gasteiger charge is 2.35. The van der Waals surface area contributed by atoms with Crippen LogP contribution in [0, 0.1) is 17.9 Å². The van der Waals surface area contributed by atoms with Gasteiger partial charge in [-0.1, -0.05) is 146 Å². The van der Waals surface area contributed by atoms with Crippen molar-refractivity contribution in [1.29, 1.82) is 5.26 Å². The van der Waals surface area contributed by atoms with Gasteiger partial charge in [0.1, 0.15) is 6.07 Å². The van der Waals surface area contributed by atoms with Gasteiger partial charge in [0.2, 0.25) is 5.69 Å². The zero-order valence-corrected chi connectivity index (χ0v) is 41.9. The van der Waals surface area contributed by atoms with Crippen LogP contribution in [0.2, 0.25) is 0 Å². The Morgan fingerprint density at radius 1 is 0.303 bits per heavy atom. The van der Waals surface area contributed by atoms with Gasteiger partial charge in [0.15, 0.2) is 0 Å². The van der Waals surface area contributed by atoms with E-state index in [2.05, 4.69) is 243 Å². The third kappa shape index (κ3) is 5.35. The van der Waals surface area contributed by atoms with Crippen LogP contribution in [-0.4, -0.2) is 18.3 Å². The second-order valence-corrected chi connectivity index (χ2v) is 21.9. The Labute approximate surface area is 441 Å². The summed E-state index contributed by atoms with van der Waals surface area (Å²) < 4.78 is 14.1. The Hall–Kier alpha value is -9.96. The highest BCUT2D eigenvalue weighted by Crippen LogP contribution is 2.53. The fraction of sp³-hybridized carbons (Fsp3) is 0. The van der Waals surface area contributed by atoms with Crippen LogP contribution in [0.3, 0.4) is 0 Å². The van der Waals surface area contributed by atoms with Crippen LogP contribution in [0.25, 0.3) is 155 Å². The highest BCUT2D eigenvalue weighted by atomic mass is 32.1. The third-order valence-electron chi connectivity index (χ3n) is 16.0. The Bertz CT molecular complexity index is 5190. The fourth-order valence-electron chi connectivity index (χ4n) is 12.9. The second-order valence-electron chi connectivity index (χ2n) is 19.7. The quantitative estimate of drug-likeness (QED) is 0.162. The zero-order valence-electron chi connectivity index (χ0n) is 40.3. The number of hydrogen-bond donors (Lipinski definition) is 0. The first kappa shape index (κ1) is 41.5. The maximum atomic E-state index is 12.6. The lowest BCUT2D eigenvalue weighted by Crippen LogP contribution is -2.14. The molecule has 350 valence electrons. The Morgan fingerprint density at radius 2 is 0.618 bits per heavy atom. The molecule has 17 aromatic rings. The first-order valence-electron chi connectivity index (χ1n) is 25.3. The van der Waals surface area contributed by atoms with E-state index in [1.54, 1.807) is 0 Å². The van der Waals surface area contributed by atoms with Crippen LogP contribution in [-0.2, 0) is 0 Å². The second kappa shape index (κ2) is 15.3. The number of para-hydroxylation sites is 6. The summed E-state index contributed by atoms with van der Waals surface area (Å²) in [5.74, 6) is 0. The molecule has 0 unspecified atom stereocenters. The molecule has 0 saturated carbocycles. The lowest BCUT2D eigenvalue weighted by atomic mass is 10.0. The first-order valence-corrected chi connectivity index (χ1v) is 27.0. The molecule has 6 aromatic heterocycles. The van der Waals surface area contributed by atoms with Gasteiger partial charge in [0.05, 0.1) is 79.0 Å². The number of benzene rings is 11. The van der Waals surface area contributed by atoms with Gasteiger partial charge >= 0.3 is 0 Å². The molecule has 0 aliphatic rings. The molecule has 0 fully saturated rings. The van der Waals surface area contributed by atoms with Gasteiger partial charge in [-0.15, -0.1) is 22.7 Å². The minimum Gasteiger partial charge on any atom is -0.318 e. The molecule has 0 spiro atoms. The molecule has 0 atom stereocenters. The van der Waals surface area contributed by atoms with Crippen LogP contribution in [0.4, 0.5) is 5.69 Å². The van der Waals surface area contributed by atoms with Gasteiger partial charge in [0, 0.05) is 83.4 Å². The summed E-state index contributed by atoms with van der Waals surface area (Å²) in [5, 5.41) is 25.9. The van der Waals surface area contributed by atoms with Crippen molar-refractivity contribution in [3.05, 3.63) is 235 Å². The van der Waals surface area contributed by atoms with Gasteiger partial charge in [0.25, 0.3) is 0 Å². The molecule has 0 bridgehead atoms. The highest BCUT2D eigenvalue weighted by molar-refractivity contribution is 7.26. The molecular formula is C68H36N6S2. The molecule has 0 aliphatic heterocycles. The van der Waals surface area contributed by atoms with E-state index in [1.165, 1.54) is 29.6 Å².